The van der Waals surface area contributed by atoms with Crippen molar-refractivity contribution in [3.05, 3.63) is 53.6 Å². The maximum absolute atomic E-state index is 13.8. The SMILES string of the molecule is COCC(C)(C)c1c([C@H]2CC[C@H](C(=O)O)OC2)c2nc3[nH]ncc3cc2n1-c1ccc(F)cc1. The predicted octanol–water partition coefficient (Wildman–Crippen LogP) is 4.31. The zero-order chi connectivity index (χ0) is 24.0. The molecule has 0 saturated carbocycles. The number of rotatable bonds is 6. The third kappa shape index (κ3) is 3.74. The number of methoxy groups -OCH3 is 1. The van der Waals surface area contributed by atoms with Crippen LogP contribution in [0.15, 0.2) is 36.5 Å². The Balaban J connectivity index is 1.81. The molecular weight excluding hydrogens is 439 g/mol. The highest BCUT2D eigenvalue weighted by atomic mass is 19.1. The summed E-state index contributed by atoms with van der Waals surface area (Å²) in [6.07, 6.45) is 1.99. The Labute approximate surface area is 195 Å². The number of hydrogen-bond donors (Lipinski definition) is 2. The molecule has 178 valence electrons. The highest BCUT2D eigenvalue weighted by Gasteiger charge is 2.37. The minimum absolute atomic E-state index is 0.0567. The summed E-state index contributed by atoms with van der Waals surface area (Å²) in [5, 5.41) is 17.3. The first-order chi connectivity index (χ1) is 16.3. The Bertz CT molecular complexity index is 1350. The first-order valence-electron chi connectivity index (χ1n) is 11.3. The van der Waals surface area contributed by atoms with Gasteiger partial charge >= 0.3 is 5.97 Å². The summed E-state index contributed by atoms with van der Waals surface area (Å²) in [7, 11) is 1.67. The van der Waals surface area contributed by atoms with E-state index in [1.54, 1.807) is 25.4 Å². The number of fused-ring (bicyclic) bond motifs is 2. The van der Waals surface area contributed by atoms with E-state index in [1.807, 2.05) is 6.07 Å². The third-order valence-corrected chi connectivity index (χ3v) is 6.57. The Morgan fingerprint density at radius 3 is 2.74 bits per heavy atom. The van der Waals surface area contributed by atoms with Gasteiger partial charge in [0.2, 0.25) is 0 Å². The number of carboxylic acid groups (broad SMARTS) is 1. The van der Waals surface area contributed by atoms with Gasteiger partial charge in [0, 0.05) is 40.8 Å². The minimum atomic E-state index is -0.940. The number of nitrogens with one attached hydrogen (secondary N) is 1. The number of benzene rings is 1. The predicted molar refractivity (Wildman–Crippen MR) is 125 cm³/mol. The Kier molecular flexibility index (Phi) is 5.61. The van der Waals surface area contributed by atoms with Gasteiger partial charge in [-0.2, -0.15) is 5.10 Å². The Morgan fingerprint density at radius 2 is 2.09 bits per heavy atom. The van der Waals surface area contributed by atoms with Gasteiger partial charge in [-0.3, -0.25) is 5.10 Å². The maximum Gasteiger partial charge on any atom is 0.332 e. The second-order valence-corrected chi connectivity index (χ2v) is 9.49. The van der Waals surface area contributed by atoms with E-state index in [-0.39, 0.29) is 18.3 Å². The van der Waals surface area contributed by atoms with Crippen molar-refractivity contribution in [2.45, 2.75) is 44.1 Å². The van der Waals surface area contributed by atoms with Crippen LogP contribution in [0.5, 0.6) is 0 Å². The van der Waals surface area contributed by atoms with Crippen molar-refractivity contribution in [1.29, 1.82) is 0 Å². The van der Waals surface area contributed by atoms with Gasteiger partial charge in [0.25, 0.3) is 0 Å². The van der Waals surface area contributed by atoms with Gasteiger partial charge in [-0.15, -0.1) is 0 Å². The molecule has 1 saturated heterocycles. The molecule has 0 unspecified atom stereocenters. The normalized spacial score (nSPS) is 19.2. The summed E-state index contributed by atoms with van der Waals surface area (Å²) in [6, 6.07) is 8.42. The molecular formula is C25H27FN4O4. The molecule has 0 amide bonds. The second kappa shape index (κ2) is 8.48. The number of carbonyl (C=O) groups is 1. The molecule has 1 aliphatic rings. The lowest BCUT2D eigenvalue weighted by atomic mass is 9.81. The molecule has 0 radical (unpaired) electrons. The average Bonchev–Trinajstić information content (AvgIpc) is 3.40. The van der Waals surface area contributed by atoms with Crippen LogP contribution in [0.4, 0.5) is 4.39 Å². The number of ether oxygens (including phenoxy) is 2. The molecule has 0 bridgehead atoms. The lowest BCUT2D eigenvalue weighted by Gasteiger charge is -2.32. The molecule has 9 heteroatoms. The Hall–Kier alpha value is -3.30. The van der Waals surface area contributed by atoms with E-state index in [2.05, 4.69) is 28.6 Å². The highest BCUT2D eigenvalue weighted by Crippen LogP contribution is 2.43. The number of nitrogens with zero attached hydrogens (tertiary/aromatic N) is 3. The van der Waals surface area contributed by atoms with Gasteiger partial charge in [-0.25, -0.2) is 14.2 Å². The van der Waals surface area contributed by atoms with Crippen LogP contribution < -0.4 is 0 Å². The number of aromatic amines is 1. The van der Waals surface area contributed by atoms with Crippen LogP contribution in [0.3, 0.4) is 0 Å². The van der Waals surface area contributed by atoms with Crippen molar-refractivity contribution in [2.24, 2.45) is 0 Å². The van der Waals surface area contributed by atoms with Crippen molar-refractivity contribution in [2.75, 3.05) is 20.3 Å². The number of pyridine rings is 1. The smallest absolute Gasteiger partial charge is 0.332 e. The number of halogens is 1. The molecule has 1 aliphatic heterocycles. The lowest BCUT2D eigenvalue weighted by Crippen LogP contribution is -2.33. The number of H-pyrrole nitrogens is 1. The fourth-order valence-electron chi connectivity index (χ4n) is 5.11. The summed E-state index contributed by atoms with van der Waals surface area (Å²) in [5.74, 6) is -1.31. The van der Waals surface area contributed by atoms with Crippen molar-refractivity contribution < 1.29 is 23.8 Å². The molecule has 34 heavy (non-hydrogen) atoms. The monoisotopic (exact) mass is 466 g/mol. The maximum atomic E-state index is 13.8. The fraction of sp³-hybridized carbons (Fsp3) is 0.400. The topological polar surface area (TPSA) is 102 Å². The first kappa shape index (κ1) is 22.5. The average molecular weight is 467 g/mol. The summed E-state index contributed by atoms with van der Waals surface area (Å²) in [4.78, 5) is 16.4. The molecule has 5 rings (SSSR count). The van der Waals surface area contributed by atoms with Crippen LogP contribution in [-0.2, 0) is 19.7 Å². The Morgan fingerprint density at radius 1 is 1.32 bits per heavy atom. The highest BCUT2D eigenvalue weighted by molar-refractivity contribution is 5.94. The molecule has 4 aromatic rings. The first-order valence-corrected chi connectivity index (χ1v) is 11.3. The van der Waals surface area contributed by atoms with Crippen LogP contribution in [0.1, 0.15) is 43.9 Å². The van der Waals surface area contributed by atoms with Crippen molar-refractivity contribution >= 4 is 28.0 Å². The fourth-order valence-corrected chi connectivity index (χ4v) is 5.11. The lowest BCUT2D eigenvalue weighted by molar-refractivity contribution is -0.153. The zero-order valence-corrected chi connectivity index (χ0v) is 19.3. The van der Waals surface area contributed by atoms with Gasteiger partial charge in [0.05, 0.1) is 30.4 Å². The second-order valence-electron chi connectivity index (χ2n) is 9.49. The van der Waals surface area contributed by atoms with Crippen molar-refractivity contribution in [3.63, 3.8) is 0 Å². The molecule has 0 spiro atoms. The minimum Gasteiger partial charge on any atom is -0.479 e. The third-order valence-electron chi connectivity index (χ3n) is 6.57. The van der Waals surface area contributed by atoms with Crippen molar-refractivity contribution in [1.82, 2.24) is 19.7 Å². The molecule has 1 fully saturated rings. The number of hydrogen-bond acceptors (Lipinski definition) is 5. The van der Waals surface area contributed by atoms with E-state index in [4.69, 9.17) is 14.5 Å². The van der Waals surface area contributed by atoms with E-state index >= 15 is 0 Å². The molecule has 4 heterocycles. The number of aliphatic carboxylic acids is 1. The quantitative estimate of drug-likeness (QED) is 0.439. The van der Waals surface area contributed by atoms with Gasteiger partial charge in [-0.1, -0.05) is 13.8 Å². The number of aromatic nitrogens is 4. The molecule has 3 aromatic heterocycles. The largest absolute Gasteiger partial charge is 0.479 e. The molecule has 2 N–H and O–H groups in total. The van der Waals surface area contributed by atoms with Gasteiger partial charge in [0.15, 0.2) is 11.8 Å². The summed E-state index contributed by atoms with van der Waals surface area (Å²) < 4.78 is 27.3. The van der Waals surface area contributed by atoms with Crippen molar-refractivity contribution in [3.8, 4) is 5.69 Å². The standard InChI is InChI=1S/C25H27FN4O4/c1-25(2,13-33-3)22-20(14-4-9-19(24(31)32)34-12-14)21-18(10-15-11-27-29-23(15)28-21)30(22)17-7-5-16(26)6-8-17/h5-8,10-11,14,19H,4,9,12-13H2,1-3H3,(H,31,32)(H,27,28,29)/t14-,19+/m0/s1. The zero-order valence-electron chi connectivity index (χ0n) is 19.3. The summed E-state index contributed by atoms with van der Waals surface area (Å²) in [5.41, 5.74) is 4.70. The van der Waals surface area contributed by atoms with E-state index < -0.39 is 17.5 Å². The van der Waals surface area contributed by atoms with Crippen LogP contribution in [0.25, 0.3) is 27.8 Å². The van der Waals surface area contributed by atoms with E-state index in [0.29, 0.717) is 25.1 Å². The summed E-state index contributed by atoms with van der Waals surface area (Å²) in [6.45, 7) is 4.93. The molecule has 2 atom stereocenters. The van der Waals surface area contributed by atoms with Gasteiger partial charge in [-0.05, 0) is 43.2 Å². The van der Waals surface area contributed by atoms with Crippen LogP contribution in [0.2, 0.25) is 0 Å². The van der Waals surface area contributed by atoms with Crippen LogP contribution in [-0.4, -0.2) is 57.3 Å². The molecule has 1 aromatic carbocycles. The van der Waals surface area contributed by atoms with Crippen LogP contribution in [0, 0.1) is 5.82 Å². The summed E-state index contributed by atoms with van der Waals surface area (Å²) >= 11 is 0. The van der Waals surface area contributed by atoms with E-state index in [1.165, 1.54) is 12.1 Å². The van der Waals surface area contributed by atoms with E-state index in [0.717, 1.165) is 33.4 Å². The molecule has 0 aliphatic carbocycles. The van der Waals surface area contributed by atoms with Gasteiger partial charge in [0.1, 0.15) is 5.82 Å². The van der Waals surface area contributed by atoms with E-state index in [9.17, 15) is 14.3 Å². The van der Waals surface area contributed by atoms with Gasteiger partial charge < -0.3 is 19.1 Å². The number of carboxylic acids is 1. The molecule has 8 nitrogen and oxygen atoms in total. The van der Waals surface area contributed by atoms with Crippen LogP contribution >= 0.6 is 0 Å².